The summed E-state index contributed by atoms with van der Waals surface area (Å²) >= 11 is 0. The van der Waals surface area contributed by atoms with Gasteiger partial charge in [0, 0.05) is 51.4 Å². The molecule has 1 fully saturated rings. The highest BCUT2D eigenvalue weighted by atomic mass is 16.5. The lowest BCUT2D eigenvalue weighted by Gasteiger charge is -2.34. The summed E-state index contributed by atoms with van der Waals surface area (Å²) in [5, 5.41) is 5.68. The zero-order valence-electron chi connectivity index (χ0n) is 17.5. The predicted molar refractivity (Wildman–Crippen MR) is 121 cm³/mol. The zero-order chi connectivity index (χ0) is 20.8. The Kier molecular flexibility index (Phi) is 6.62. The van der Waals surface area contributed by atoms with Crippen LogP contribution in [0.2, 0.25) is 0 Å². The average Bonchev–Trinajstić information content (AvgIpc) is 2.80. The molecular formula is C25H29N3O2. The largest absolute Gasteiger partial charge is 0.497 e. The topological polar surface area (TPSA) is 44.8 Å². The fraction of sp³-hybridized carbons (Fsp3) is 0.320. The van der Waals surface area contributed by atoms with Gasteiger partial charge < -0.3 is 10.1 Å². The van der Waals surface area contributed by atoms with Crippen LogP contribution in [0, 0.1) is 0 Å². The lowest BCUT2D eigenvalue weighted by Crippen LogP contribution is -2.48. The molecule has 0 radical (unpaired) electrons. The number of rotatable bonds is 7. The molecule has 3 aromatic carbocycles. The molecule has 156 valence electrons. The van der Waals surface area contributed by atoms with Crippen LogP contribution in [0.1, 0.15) is 15.9 Å². The molecule has 30 heavy (non-hydrogen) atoms. The van der Waals surface area contributed by atoms with Crippen LogP contribution < -0.4 is 10.1 Å². The van der Waals surface area contributed by atoms with E-state index in [1.807, 2.05) is 12.1 Å². The first kappa shape index (κ1) is 20.4. The van der Waals surface area contributed by atoms with Gasteiger partial charge in [-0.15, -0.1) is 0 Å². The first-order valence-corrected chi connectivity index (χ1v) is 10.6. The third kappa shape index (κ3) is 4.99. The molecule has 1 aliphatic rings. The SMILES string of the molecule is COc1ccc(C(=O)NCCN2CCN(Cc3cccc4ccccc34)CC2)cc1. The summed E-state index contributed by atoms with van der Waals surface area (Å²) in [6, 6.07) is 22.4. The van der Waals surface area contributed by atoms with Crippen molar-refractivity contribution in [2.45, 2.75) is 6.54 Å². The molecule has 0 atom stereocenters. The minimum Gasteiger partial charge on any atom is -0.497 e. The van der Waals surface area contributed by atoms with Crippen LogP contribution in [0.15, 0.2) is 66.7 Å². The Morgan fingerprint density at radius 1 is 0.900 bits per heavy atom. The summed E-state index contributed by atoms with van der Waals surface area (Å²) < 4.78 is 5.13. The number of hydrogen-bond donors (Lipinski definition) is 1. The molecule has 0 bridgehead atoms. The van der Waals surface area contributed by atoms with Crippen molar-refractivity contribution in [2.24, 2.45) is 0 Å². The minimum atomic E-state index is -0.0350. The number of ether oxygens (including phenoxy) is 1. The van der Waals surface area contributed by atoms with E-state index in [0.29, 0.717) is 12.1 Å². The van der Waals surface area contributed by atoms with Gasteiger partial charge in [0.05, 0.1) is 7.11 Å². The fourth-order valence-corrected chi connectivity index (χ4v) is 4.01. The lowest BCUT2D eigenvalue weighted by molar-refractivity contribution is 0.0934. The highest BCUT2D eigenvalue weighted by Crippen LogP contribution is 2.20. The first-order chi connectivity index (χ1) is 14.7. The third-order valence-electron chi connectivity index (χ3n) is 5.80. The van der Waals surface area contributed by atoms with Gasteiger partial charge in [-0.2, -0.15) is 0 Å². The molecular weight excluding hydrogens is 374 g/mol. The Morgan fingerprint density at radius 2 is 1.60 bits per heavy atom. The molecule has 1 amide bonds. The average molecular weight is 404 g/mol. The van der Waals surface area contributed by atoms with Crippen LogP contribution in [-0.4, -0.2) is 62.1 Å². The molecule has 5 nitrogen and oxygen atoms in total. The van der Waals surface area contributed by atoms with Crippen molar-refractivity contribution >= 4 is 16.7 Å². The quantitative estimate of drug-likeness (QED) is 0.657. The van der Waals surface area contributed by atoms with E-state index in [4.69, 9.17) is 4.74 Å². The van der Waals surface area contributed by atoms with Crippen LogP contribution in [0.5, 0.6) is 5.75 Å². The number of carbonyl (C=O) groups is 1. The van der Waals surface area contributed by atoms with Gasteiger partial charge in [0.25, 0.3) is 5.91 Å². The number of carbonyl (C=O) groups excluding carboxylic acids is 1. The van der Waals surface area contributed by atoms with E-state index in [-0.39, 0.29) is 5.91 Å². The van der Waals surface area contributed by atoms with Gasteiger partial charge in [0.2, 0.25) is 0 Å². The summed E-state index contributed by atoms with van der Waals surface area (Å²) in [5.74, 6) is 0.722. The summed E-state index contributed by atoms with van der Waals surface area (Å²) in [6.07, 6.45) is 0. The number of nitrogens with zero attached hydrogens (tertiary/aromatic N) is 2. The molecule has 1 saturated heterocycles. The van der Waals surface area contributed by atoms with Crippen molar-refractivity contribution < 1.29 is 9.53 Å². The Balaban J connectivity index is 1.21. The summed E-state index contributed by atoms with van der Waals surface area (Å²) in [7, 11) is 1.62. The number of piperazine rings is 1. The second kappa shape index (κ2) is 9.74. The van der Waals surface area contributed by atoms with Crippen molar-refractivity contribution in [3.05, 3.63) is 77.9 Å². The molecule has 0 saturated carbocycles. The van der Waals surface area contributed by atoms with Gasteiger partial charge in [-0.25, -0.2) is 0 Å². The van der Waals surface area contributed by atoms with Crippen molar-refractivity contribution in [3.8, 4) is 5.75 Å². The Morgan fingerprint density at radius 3 is 2.37 bits per heavy atom. The first-order valence-electron chi connectivity index (χ1n) is 10.6. The second-order valence-electron chi connectivity index (χ2n) is 7.74. The third-order valence-corrected chi connectivity index (χ3v) is 5.80. The normalized spacial score (nSPS) is 15.2. The monoisotopic (exact) mass is 403 g/mol. The minimum absolute atomic E-state index is 0.0350. The Labute approximate surface area is 178 Å². The van der Waals surface area contributed by atoms with Crippen LogP contribution in [0.3, 0.4) is 0 Å². The molecule has 0 unspecified atom stereocenters. The number of methoxy groups -OCH3 is 1. The highest BCUT2D eigenvalue weighted by molar-refractivity contribution is 5.94. The smallest absolute Gasteiger partial charge is 0.251 e. The summed E-state index contributed by atoms with van der Waals surface area (Å²) in [6.45, 7) is 6.69. The van der Waals surface area contributed by atoms with Gasteiger partial charge >= 0.3 is 0 Å². The molecule has 0 aliphatic carbocycles. The van der Waals surface area contributed by atoms with Crippen LogP contribution in [0.25, 0.3) is 10.8 Å². The number of hydrogen-bond acceptors (Lipinski definition) is 4. The van der Waals surface area contributed by atoms with E-state index in [1.54, 1.807) is 19.2 Å². The number of benzene rings is 3. The molecule has 0 aromatic heterocycles. The molecule has 4 rings (SSSR count). The van der Waals surface area contributed by atoms with Gasteiger partial charge in [0.15, 0.2) is 0 Å². The maximum absolute atomic E-state index is 12.3. The molecule has 1 N–H and O–H groups in total. The summed E-state index contributed by atoms with van der Waals surface area (Å²) in [4.78, 5) is 17.2. The van der Waals surface area contributed by atoms with Gasteiger partial charge in [-0.3, -0.25) is 14.6 Å². The number of amides is 1. The molecule has 5 heteroatoms. The number of fused-ring (bicyclic) bond motifs is 1. The van der Waals surface area contributed by atoms with E-state index in [2.05, 4.69) is 57.6 Å². The maximum Gasteiger partial charge on any atom is 0.251 e. The van der Waals surface area contributed by atoms with Crippen LogP contribution in [-0.2, 0) is 6.54 Å². The maximum atomic E-state index is 12.3. The molecule has 1 aliphatic heterocycles. The standard InChI is InChI=1S/C25H29N3O2/c1-30-23-11-9-21(10-12-23)25(29)26-13-14-27-15-17-28(18-16-27)19-22-7-4-6-20-5-2-3-8-24(20)22/h2-12H,13-19H2,1H3,(H,26,29). The Bertz CT molecular complexity index is 974. The van der Waals surface area contributed by atoms with E-state index in [1.165, 1.54) is 16.3 Å². The molecule has 0 spiro atoms. The van der Waals surface area contributed by atoms with Gasteiger partial charge in [-0.05, 0) is 40.6 Å². The van der Waals surface area contributed by atoms with Crippen LogP contribution >= 0.6 is 0 Å². The number of nitrogens with one attached hydrogen (secondary N) is 1. The lowest BCUT2D eigenvalue weighted by atomic mass is 10.0. The van der Waals surface area contributed by atoms with Crippen molar-refractivity contribution in [2.75, 3.05) is 46.4 Å². The van der Waals surface area contributed by atoms with Crippen molar-refractivity contribution in [1.29, 1.82) is 0 Å². The van der Waals surface area contributed by atoms with E-state index < -0.39 is 0 Å². The molecule has 3 aromatic rings. The fourth-order valence-electron chi connectivity index (χ4n) is 4.01. The van der Waals surface area contributed by atoms with E-state index in [0.717, 1.165) is 45.0 Å². The Hall–Kier alpha value is -2.89. The van der Waals surface area contributed by atoms with Crippen molar-refractivity contribution in [3.63, 3.8) is 0 Å². The highest BCUT2D eigenvalue weighted by Gasteiger charge is 2.17. The predicted octanol–water partition coefficient (Wildman–Crippen LogP) is 3.40. The van der Waals surface area contributed by atoms with Crippen molar-refractivity contribution in [1.82, 2.24) is 15.1 Å². The molecule has 1 heterocycles. The van der Waals surface area contributed by atoms with Gasteiger partial charge in [0.1, 0.15) is 5.75 Å². The van der Waals surface area contributed by atoms with Crippen LogP contribution in [0.4, 0.5) is 0 Å². The van der Waals surface area contributed by atoms with Gasteiger partial charge in [-0.1, -0.05) is 42.5 Å². The zero-order valence-corrected chi connectivity index (χ0v) is 17.5. The van der Waals surface area contributed by atoms with E-state index in [9.17, 15) is 4.79 Å². The van der Waals surface area contributed by atoms with E-state index >= 15 is 0 Å². The second-order valence-corrected chi connectivity index (χ2v) is 7.74. The summed E-state index contributed by atoms with van der Waals surface area (Å²) in [5.41, 5.74) is 2.06.